The third-order valence-corrected chi connectivity index (χ3v) is 5.80. The molecule has 3 heterocycles. The van der Waals surface area contributed by atoms with Crippen molar-refractivity contribution in [1.82, 2.24) is 14.3 Å². The van der Waals surface area contributed by atoms with Crippen LogP contribution in [0.15, 0.2) is 47.3 Å². The lowest BCUT2D eigenvalue weighted by Gasteiger charge is -2.30. The highest BCUT2D eigenvalue weighted by atomic mass is 16.2. The third kappa shape index (κ3) is 4.72. The van der Waals surface area contributed by atoms with Gasteiger partial charge in [0.2, 0.25) is 0 Å². The molecule has 3 rings (SSSR count). The van der Waals surface area contributed by atoms with Crippen molar-refractivity contribution < 1.29 is 9.59 Å². The van der Waals surface area contributed by atoms with Gasteiger partial charge in [0.25, 0.3) is 5.91 Å². The van der Waals surface area contributed by atoms with E-state index < -0.39 is 0 Å². The SMILES string of the molecule is CCCC/C=C(/C(C)=O)C1=C(C)CN(C(=O)c2cnc3ccc(CCC)cn23)CC1. The summed E-state index contributed by atoms with van der Waals surface area (Å²) < 4.78 is 1.91. The average molecular weight is 408 g/mol. The van der Waals surface area contributed by atoms with Crippen LogP contribution < -0.4 is 0 Å². The molecule has 0 fully saturated rings. The Hall–Kier alpha value is -2.69. The Bertz CT molecular complexity index is 997. The third-order valence-electron chi connectivity index (χ3n) is 5.80. The predicted octanol–water partition coefficient (Wildman–Crippen LogP) is 5.15. The number of nitrogens with zero attached hydrogens (tertiary/aromatic N) is 3. The molecule has 1 aliphatic heterocycles. The molecule has 0 aromatic carbocycles. The van der Waals surface area contributed by atoms with Crippen LogP contribution in [0, 0.1) is 0 Å². The number of fused-ring (bicyclic) bond motifs is 1. The van der Waals surface area contributed by atoms with Crippen LogP contribution >= 0.6 is 0 Å². The van der Waals surface area contributed by atoms with Crippen LogP contribution in [0.2, 0.25) is 0 Å². The zero-order valence-electron chi connectivity index (χ0n) is 18.7. The molecule has 1 aliphatic rings. The summed E-state index contributed by atoms with van der Waals surface area (Å²) in [5.41, 5.74) is 5.66. The summed E-state index contributed by atoms with van der Waals surface area (Å²) >= 11 is 0. The van der Waals surface area contributed by atoms with E-state index in [-0.39, 0.29) is 11.7 Å². The summed E-state index contributed by atoms with van der Waals surface area (Å²) in [5.74, 6) is 0.111. The second kappa shape index (κ2) is 9.88. The van der Waals surface area contributed by atoms with Gasteiger partial charge in [0.15, 0.2) is 5.78 Å². The Balaban J connectivity index is 1.83. The number of aromatic nitrogens is 2. The van der Waals surface area contributed by atoms with E-state index in [9.17, 15) is 9.59 Å². The van der Waals surface area contributed by atoms with Crippen molar-refractivity contribution in [2.45, 2.75) is 66.2 Å². The van der Waals surface area contributed by atoms with Gasteiger partial charge in [0.05, 0.1) is 6.20 Å². The highest BCUT2D eigenvalue weighted by molar-refractivity contribution is 5.98. The molecule has 30 heavy (non-hydrogen) atoms. The van der Waals surface area contributed by atoms with Gasteiger partial charge in [-0.2, -0.15) is 0 Å². The molecule has 2 aromatic rings. The average Bonchev–Trinajstić information content (AvgIpc) is 3.14. The van der Waals surface area contributed by atoms with Crippen LogP contribution in [-0.4, -0.2) is 39.1 Å². The van der Waals surface area contributed by atoms with E-state index in [0.717, 1.165) is 54.5 Å². The largest absolute Gasteiger partial charge is 0.333 e. The van der Waals surface area contributed by atoms with E-state index in [1.165, 1.54) is 5.56 Å². The van der Waals surface area contributed by atoms with E-state index >= 15 is 0 Å². The number of Topliss-reactive ketones (excluding diaryl/α,β-unsaturated/α-hetero) is 1. The number of rotatable bonds is 8. The molecular formula is C25H33N3O2. The van der Waals surface area contributed by atoms with Gasteiger partial charge in [-0.15, -0.1) is 0 Å². The fourth-order valence-electron chi connectivity index (χ4n) is 4.17. The highest BCUT2D eigenvalue weighted by Crippen LogP contribution is 2.27. The van der Waals surface area contributed by atoms with Gasteiger partial charge in [-0.1, -0.05) is 45.3 Å². The van der Waals surface area contributed by atoms with E-state index in [1.54, 1.807) is 13.1 Å². The lowest BCUT2D eigenvalue weighted by molar-refractivity contribution is -0.113. The maximum atomic E-state index is 13.3. The molecule has 2 aromatic heterocycles. The van der Waals surface area contributed by atoms with Gasteiger partial charge in [-0.25, -0.2) is 4.98 Å². The molecule has 0 aliphatic carbocycles. The molecule has 5 heteroatoms. The Morgan fingerprint density at radius 3 is 2.67 bits per heavy atom. The monoisotopic (exact) mass is 407 g/mol. The van der Waals surface area contributed by atoms with Gasteiger partial charge < -0.3 is 4.90 Å². The lowest BCUT2D eigenvalue weighted by atomic mass is 9.91. The second-order valence-electron chi connectivity index (χ2n) is 8.21. The molecule has 0 unspecified atom stereocenters. The number of aryl methyl sites for hydroxylation is 1. The van der Waals surface area contributed by atoms with Crippen molar-refractivity contribution in [2.75, 3.05) is 13.1 Å². The molecule has 5 nitrogen and oxygen atoms in total. The van der Waals surface area contributed by atoms with Crippen LogP contribution in [0.5, 0.6) is 0 Å². The maximum absolute atomic E-state index is 13.3. The first-order chi connectivity index (χ1) is 14.5. The Morgan fingerprint density at radius 1 is 1.20 bits per heavy atom. The van der Waals surface area contributed by atoms with Gasteiger partial charge in [-0.3, -0.25) is 14.0 Å². The Morgan fingerprint density at radius 2 is 2.00 bits per heavy atom. The fraction of sp³-hybridized carbons (Fsp3) is 0.480. The zero-order valence-corrected chi connectivity index (χ0v) is 18.7. The molecule has 0 radical (unpaired) electrons. The molecule has 160 valence electrons. The first kappa shape index (κ1) is 22.0. The van der Waals surface area contributed by atoms with Crippen LogP contribution in [0.1, 0.15) is 75.9 Å². The number of hydrogen-bond donors (Lipinski definition) is 0. The minimum Gasteiger partial charge on any atom is -0.333 e. The van der Waals surface area contributed by atoms with Crippen LogP contribution in [-0.2, 0) is 11.2 Å². The zero-order chi connectivity index (χ0) is 21.7. The second-order valence-corrected chi connectivity index (χ2v) is 8.21. The number of imidazole rings is 1. The molecule has 0 atom stereocenters. The smallest absolute Gasteiger partial charge is 0.272 e. The molecule has 1 amide bonds. The molecule has 0 saturated heterocycles. The van der Waals surface area contributed by atoms with Gasteiger partial charge in [0.1, 0.15) is 11.3 Å². The molecule has 0 spiro atoms. The molecule has 0 saturated carbocycles. The van der Waals surface area contributed by atoms with Gasteiger partial charge >= 0.3 is 0 Å². The predicted molar refractivity (Wildman–Crippen MR) is 121 cm³/mol. The van der Waals surface area contributed by atoms with E-state index in [1.807, 2.05) is 28.5 Å². The summed E-state index contributed by atoms with van der Waals surface area (Å²) in [4.78, 5) is 31.8. The van der Waals surface area contributed by atoms with Crippen LogP contribution in [0.25, 0.3) is 5.65 Å². The van der Waals surface area contributed by atoms with E-state index in [4.69, 9.17) is 0 Å². The number of hydrogen-bond acceptors (Lipinski definition) is 3. The maximum Gasteiger partial charge on any atom is 0.272 e. The normalized spacial score (nSPS) is 15.2. The van der Waals surface area contributed by atoms with Crippen molar-refractivity contribution >= 4 is 17.3 Å². The summed E-state index contributed by atoms with van der Waals surface area (Å²) in [6.07, 6.45) is 11.7. The summed E-state index contributed by atoms with van der Waals surface area (Å²) in [6, 6.07) is 4.05. The van der Waals surface area contributed by atoms with Crippen molar-refractivity contribution in [3.8, 4) is 0 Å². The summed E-state index contributed by atoms with van der Waals surface area (Å²) in [7, 11) is 0. The topological polar surface area (TPSA) is 54.7 Å². The fourth-order valence-corrected chi connectivity index (χ4v) is 4.17. The van der Waals surface area contributed by atoms with Gasteiger partial charge in [0, 0.05) is 24.9 Å². The molecular weight excluding hydrogens is 374 g/mol. The number of carbonyl (C=O) groups is 2. The van der Waals surface area contributed by atoms with Crippen LogP contribution in [0.3, 0.4) is 0 Å². The van der Waals surface area contributed by atoms with Crippen molar-refractivity contribution in [3.05, 3.63) is 58.6 Å². The Kier molecular flexibility index (Phi) is 7.24. The molecule has 0 bridgehead atoms. The lowest BCUT2D eigenvalue weighted by Crippen LogP contribution is -2.37. The number of pyridine rings is 1. The minimum atomic E-state index is -0.00566. The van der Waals surface area contributed by atoms with Gasteiger partial charge in [-0.05, 0) is 55.9 Å². The number of allylic oxidation sites excluding steroid dienone is 2. The van der Waals surface area contributed by atoms with Crippen molar-refractivity contribution in [1.29, 1.82) is 0 Å². The number of ketones is 1. The number of unbranched alkanes of at least 4 members (excludes halogenated alkanes) is 2. The van der Waals surface area contributed by atoms with Crippen LogP contribution in [0.4, 0.5) is 0 Å². The standard InChI is InChI=1S/C25H33N3O2/c1-5-7-8-10-22(19(4)29)21-13-14-27(16-18(21)3)25(30)23-15-26-24-12-11-20(9-6-2)17-28(23)24/h10-12,15,17H,5-9,13-14,16H2,1-4H3/b22-10-. The summed E-state index contributed by atoms with van der Waals surface area (Å²) in [5, 5.41) is 0. The first-order valence-corrected chi connectivity index (χ1v) is 11.1. The first-order valence-electron chi connectivity index (χ1n) is 11.1. The minimum absolute atomic E-state index is 0.00566. The van der Waals surface area contributed by atoms with Crippen molar-refractivity contribution in [2.24, 2.45) is 0 Å². The van der Waals surface area contributed by atoms with E-state index in [2.05, 4.69) is 31.0 Å². The molecule has 0 N–H and O–H groups in total. The van der Waals surface area contributed by atoms with E-state index in [0.29, 0.717) is 25.2 Å². The highest BCUT2D eigenvalue weighted by Gasteiger charge is 2.26. The number of carbonyl (C=O) groups excluding carboxylic acids is 2. The van der Waals surface area contributed by atoms with Crippen molar-refractivity contribution in [3.63, 3.8) is 0 Å². The number of amides is 1. The summed E-state index contributed by atoms with van der Waals surface area (Å²) in [6.45, 7) is 9.15. The quantitative estimate of drug-likeness (QED) is 0.449. The Labute approximate surface area is 179 Å².